The monoisotopic (exact) mass is 239 g/mol. The molecule has 1 heterocycles. The Kier molecular flexibility index (Phi) is 5.95. The topological polar surface area (TPSA) is 77.3 Å². The molecular formula is C11H17N3O3. The molecule has 0 aliphatic heterocycles. The molecule has 1 N–H and O–H groups in total. The maximum atomic E-state index is 10.7. The number of ether oxygens (including phenoxy) is 1. The van der Waals surface area contributed by atoms with E-state index in [1.807, 2.05) is 0 Å². The van der Waals surface area contributed by atoms with Crippen LogP contribution >= 0.6 is 0 Å². The van der Waals surface area contributed by atoms with Crippen LogP contribution in [0.25, 0.3) is 0 Å². The fraction of sp³-hybridized carbons (Fsp3) is 0.545. The molecule has 6 nitrogen and oxygen atoms in total. The lowest BCUT2D eigenvalue weighted by Gasteiger charge is -2.06. The predicted molar refractivity (Wildman–Crippen MR) is 65.1 cm³/mol. The molecule has 0 fully saturated rings. The largest absolute Gasteiger partial charge is 0.386 e. The van der Waals surface area contributed by atoms with E-state index in [0.29, 0.717) is 18.8 Å². The van der Waals surface area contributed by atoms with Gasteiger partial charge in [-0.05, 0) is 34.9 Å². The number of rotatable bonds is 8. The molecule has 0 aliphatic carbocycles. The number of nitrogens with one attached hydrogen (secondary N) is 1. The second-order valence-electron chi connectivity index (χ2n) is 3.52. The lowest BCUT2D eigenvalue weighted by molar-refractivity contribution is -0.388. The summed E-state index contributed by atoms with van der Waals surface area (Å²) < 4.78 is 5.31. The molecule has 0 aliphatic rings. The number of pyridine rings is 1. The van der Waals surface area contributed by atoms with Gasteiger partial charge in [0.05, 0.1) is 0 Å². The summed E-state index contributed by atoms with van der Waals surface area (Å²) in [6, 6.07) is 3.32. The van der Waals surface area contributed by atoms with Crippen LogP contribution in [0.4, 0.5) is 11.5 Å². The molecule has 17 heavy (non-hydrogen) atoms. The molecule has 1 aromatic heterocycles. The quantitative estimate of drug-likeness (QED) is 0.427. The highest BCUT2D eigenvalue weighted by molar-refractivity contribution is 5.56. The normalized spacial score (nSPS) is 10.2. The van der Waals surface area contributed by atoms with Gasteiger partial charge in [-0.25, -0.2) is 0 Å². The van der Waals surface area contributed by atoms with E-state index in [9.17, 15) is 10.1 Å². The van der Waals surface area contributed by atoms with Crippen molar-refractivity contribution in [3.8, 4) is 0 Å². The van der Waals surface area contributed by atoms with Crippen molar-refractivity contribution in [3.63, 3.8) is 0 Å². The van der Waals surface area contributed by atoms with Crippen LogP contribution in [0, 0.1) is 10.1 Å². The van der Waals surface area contributed by atoms with Gasteiger partial charge in [-0.3, -0.25) is 0 Å². The highest BCUT2D eigenvalue weighted by atomic mass is 16.6. The van der Waals surface area contributed by atoms with Gasteiger partial charge in [-0.15, -0.1) is 0 Å². The van der Waals surface area contributed by atoms with Crippen molar-refractivity contribution < 1.29 is 9.66 Å². The minimum absolute atomic E-state index is 0.137. The zero-order chi connectivity index (χ0) is 12.5. The van der Waals surface area contributed by atoms with Gasteiger partial charge in [-0.2, -0.15) is 0 Å². The van der Waals surface area contributed by atoms with Gasteiger partial charge < -0.3 is 20.2 Å². The number of anilines is 1. The molecule has 0 bridgehead atoms. The van der Waals surface area contributed by atoms with Gasteiger partial charge in [-0.1, -0.05) is 6.92 Å². The number of aromatic nitrogens is 1. The van der Waals surface area contributed by atoms with Crippen LogP contribution in [0.15, 0.2) is 18.3 Å². The third-order valence-corrected chi connectivity index (χ3v) is 2.09. The first-order chi connectivity index (χ1) is 8.25. The summed E-state index contributed by atoms with van der Waals surface area (Å²) in [5.74, 6) is -0.137. The maximum Gasteiger partial charge on any atom is 0.386 e. The van der Waals surface area contributed by atoms with Crippen molar-refractivity contribution in [2.75, 3.05) is 25.1 Å². The van der Waals surface area contributed by atoms with E-state index in [1.165, 1.54) is 6.20 Å². The predicted octanol–water partition coefficient (Wildman–Crippen LogP) is 2.22. The van der Waals surface area contributed by atoms with Crippen molar-refractivity contribution in [2.45, 2.75) is 19.8 Å². The van der Waals surface area contributed by atoms with Crippen LogP contribution in [-0.4, -0.2) is 29.7 Å². The molecular weight excluding hydrogens is 222 g/mol. The first kappa shape index (κ1) is 13.4. The first-order valence-corrected chi connectivity index (χ1v) is 5.66. The summed E-state index contributed by atoms with van der Waals surface area (Å²) in [4.78, 5) is 13.9. The molecule has 0 radical (unpaired) electrons. The van der Waals surface area contributed by atoms with Gasteiger partial charge >= 0.3 is 5.82 Å². The molecule has 0 spiro atoms. The van der Waals surface area contributed by atoms with E-state index in [4.69, 9.17) is 4.74 Å². The van der Waals surface area contributed by atoms with Crippen molar-refractivity contribution in [2.24, 2.45) is 0 Å². The summed E-state index contributed by atoms with van der Waals surface area (Å²) in [5, 5.41) is 13.7. The van der Waals surface area contributed by atoms with Crippen molar-refractivity contribution in [3.05, 3.63) is 28.4 Å². The highest BCUT2D eigenvalue weighted by Crippen LogP contribution is 2.19. The molecule has 94 valence electrons. The van der Waals surface area contributed by atoms with Gasteiger partial charge in [0.25, 0.3) is 0 Å². The minimum Gasteiger partial charge on any atom is -0.381 e. The molecule has 0 atom stereocenters. The Balaban J connectivity index is 2.34. The SMILES string of the molecule is CCCOCCCNc1cccnc1[N+](=O)[O-]. The number of hydrogen-bond acceptors (Lipinski definition) is 5. The first-order valence-electron chi connectivity index (χ1n) is 5.66. The zero-order valence-corrected chi connectivity index (χ0v) is 9.89. The Hall–Kier alpha value is -1.69. The Morgan fingerprint density at radius 3 is 3.06 bits per heavy atom. The molecule has 0 aromatic carbocycles. The fourth-order valence-electron chi connectivity index (χ4n) is 1.32. The van der Waals surface area contributed by atoms with Gasteiger partial charge in [0.2, 0.25) is 0 Å². The third-order valence-electron chi connectivity index (χ3n) is 2.09. The highest BCUT2D eigenvalue weighted by Gasteiger charge is 2.12. The third kappa shape index (κ3) is 4.78. The molecule has 0 amide bonds. The summed E-state index contributed by atoms with van der Waals surface area (Å²) in [6.45, 7) is 4.11. The van der Waals surface area contributed by atoms with E-state index in [1.54, 1.807) is 12.1 Å². The van der Waals surface area contributed by atoms with Crippen LogP contribution in [0.5, 0.6) is 0 Å². The number of hydrogen-bond donors (Lipinski definition) is 1. The van der Waals surface area contributed by atoms with Crippen molar-refractivity contribution in [1.82, 2.24) is 4.98 Å². The lowest BCUT2D eigenvalue weighted by atomic mass is 10.3. The molecule has 1 aromatic rings. The maximum absolute atomic E-state index is 10.7. The molecule has 0 unspecified atom stereocenters. The van der Waals surface area contributed by atoms with Crippen LogP contribution in [0.2, 0.25) is 0 Å². The van der Waals surface area contributed by atoms with E-state index >= 15 is 0 Å². The lowest BCUT2D eigenvalue weighted by Crippen LogP contribution is -2.08. The van der Waals surface area contributed by atoms with Crippen LogP contribution in [-0.2, 0) is 4.74 Å². The van der Waals surface area contributed by atoms with E-state index in [2.05, 4.69) is 17.2 Å². The van der Waals surface area contributed by atoms with Crippen LogP contribution < -0.4 is 5.32 Å². The minimum atomic E-state index is -0.490. The number of nitrogens with zero attached hydrogens (tertiary/aromatic N) is 2. The smallest absolute Gasteiger partial charge is 0.381 e. The molecule has 1 rings (SSSR count). The average Bonchev–Trinajstić information content (AvgIpc) is 2.34. The Morgan fingerprint density at radius 2 is 2.35 bits per heavy atom. The second kappa shape index (κ2) is 7.56. The van der Waals surface area contributed by atoms with Gasteiger partial charge in [0, 0.05) is 19.8 Å². The van der Waals surface area contributed by atoms with Gasteiger partial charge in [0.1, 0.15) is 11.9 Å². The van der Waals surface area contributed by atoms with E-state index in [-0.39, 0.29) is 5.82 Å². The average molecular weight is 239 g/mol. The molecule has 0 saturated heterocycles. The van der Waals surface area contributed by atoms with Crippen molar-refractivity contribution >= 4 is 11.5 Å². The summed E-state index contributed by atoms with van der Waals surface area (Å²) in [7, 11) is 0. The Morgan fingerprint density at radius 1 is 1.53 bits per heavy atom. The summed E-state index contributed by atoms with van der Waals surface area (Å²) >= 11 is 0. The summed E-state index contributed by atoms with van der Waals surface area (Å²) in [5.41, 5.74) is 0.452. The van der Waals surface area contributed by atoms with Gasteiger partial charge in [0.15, 0.2) is 0 Å². The molecule has 0 saturated carbocycles. The fourth-order valence-corrected chi connectivity index (χ4v) is 1.32. The standard InChI is InChI=1S/C11H17N3O3/c1-2-8-17-9-4-7-12-10-5-3-6-13-11(10)14(15)16/h3,5-6,12H,2,4,7-9H2,1H3. The second-order valence-corrected chi connectivity index (χ2v) is 3.52. The van der Waals surface area contributed by atoms with E-state index < -0.39 is 4.92 Å². The Bertz CT molecular complexity index is 358. The van der Waals surface area contributed by atoms with Crippen LogP contribution in [0.1, 0.15) is 19.8 Å². The van der Waals surface area contributed by atoms with Crippen molar-refractivity contribution in [1.29, 1.82) is 0 Å². The zero-order valence-electron chi connectivity index (χ0n) is 9.89. The summed E-state index contributed by atoms with van der Waals surface area (Å²) in [6.07, 6.45) is 3.22. The van der Waals surface area contributed by atoms with E-state index in [0.717, 1.165) is 19.4 Å². The molecule has 6 heteroatoms. The van der Waals surface area contributed by atoms with Crippen LogP contribution in [0.3, 0.4) is 0 Å². The Labute approximate surface area is 100 Å². The number of nitro groups is 1.